The number of hydrogen-bond donors (Lipinski definition) is 0. The van der Waals surface area contributed by atoms with Gasteiger partial charge in [0.25, 0.3) is 0 Å². The number of fused-ring (bicyclic) bond motifs is 1. The van der Waals surface area contributed by atoms with Crippen LogP contribution in [0.5, 0.6) is 5.75 Å². The van der Waals surface area contributed by atoms with Gasteiger partial charge in [0.2, 0.25) is 0 Å². The topological polar surface area (TPSA) is 35.0 Å². The third-order valence-electron chi connectivity index (χ3n) is 3.69. The molecule has 2 heterocycles. The van der Waals surface area contributed by atoms with E-state index >= 15 is 0 Å². The second-order valence-corrected chi connectivity index (χ2v) is 6.14. The standard InChI is InChI=1S/C19H14N2OS/c1-22-13-9-10-14(16-6-4-5-11-20-16)15(12-13)19-21-17-7-2-3-8-18(17)23-19/h2-12H,1H3. The van der Waals surface area contributed by atoms with E-state index in [1.54, 1.807) is 18.4 Å². The van der Waals surface area contributed by atoms with Crippen LogP contribution in [0.1, 0.15) is 0 Å². The van der Waals surface area contributed by atoms with Gasteiger partial charge < -0.3 is 4.74 Å². The minimum atomic E-state index is 0.818. The highest BCUT2D eigenvalue weighted by molar-refractivity contribution is 7.21. The van der Waals surface area contributed by atoms with Crippen LogP contribution < -0.4 is 4.74 Å². The Morgan fingerprint density at radius 1 is 0.913 bits per heavy atom. The maximum Gasteiger partial charge on any atom is 0.125 e. The van der Waals surface area contributed by atoms with E-state index in [1.165, 1.54) is 4.70 Å². The SMILES string of the molecule is COc1ccc(-c2ccccn2)c(-c2nc3ccccc3s2)c1. The highest BCUT2D eigenvalue weighted by Gasteiger charge is 2.14. The second-order valence-electron chi connectivity index (χ2n) is 5.11. The van der Waals surface area contributed by atoms with Gasteiger partial charge in [0.1, 0.15) is 10.8 Å². The van der Waals surface area contributed by atoms with E-state index in [4.69, 9.17) is 9.72 Å². The zero-order valence-corrected chi connectivity index (χ0v) is 13.4. The molecule has 0 saturated heterocycles. The number of para-hydroxylation sites is 1. The lowest BCUT2D eigenvalue weighted by molar-refractivity contribution is 0.415. The van der Waals surface area contributed by atoms with Gasteiger partial charge >= 0.3 is 0 Å². The lowest BCUT2D eigenvalue weighted by atomic mass is 10.0. The first kappa shape index (κ1) is 13.9. The average molecular weight is 318 g/mol. The summed E-state index contributed by atoms with van der Waals surface area (Å²) in [6, 6.07) is 20.1. The first-order valence-electron chi connectivity index (χ1n) is 7.30. The summed E-state index contributed by atoms with van der Waals surface area (Å²) >= 11 is 1.68. The number of methoxy groups -OCH3 is 1. The molecule has 0 atom stereocenters. The van der Waals surface area contributed by atoms with E-state index in [0.29, 0.717) is 0 Å². The molecule has 3 nitrogen and oxygen atoms in total. The molecule has 4 heteroatoms. The number of thiazole rings is 1. The Balaban J connectivity index is 1.95. The molecular weight excluding hydrogens is 304 g/mol. The summed E-state index contributed by atoms with van der Waals surface area (Å²) in [5.41, 5.74) is 4.06. The third kappa shape index (κ3) is 2.58. The molecule has 0 spiro atoms. The summed E-state index contributed by atoms with van der Waals surface area (Å²) < 4.78 is 6.58. The van der Waals surface area contributed by atoms with Gasteiger partial charge in [-0.15, -0.1) is 11.3 Å². The van der Waals surface area contributed by atoms with Crippen LogP contribution in [-0.4, -0.2) is 17.1 Å². The van der Waals surface area contributed by atoms with Crippen LogP contribution in [0.2, 0.25) is 0 Å². The molecule has 0 saturated carbocycles. The average Bonchev–Trinajstić information content (AvgIpc) is 3.06. The fourth-order valence-electron chi connectivity index (χ4n) is 2.56. The minimum absolute atomic E-state index is 0.818. The van der Waals surface area contributed by atoms with E-state index in [-0.39, 0.29) is 0 Å². The van der Waals surface area contributed by atoms with Crippen molar-refractivity contribution in [2.24, 2.45) is 0 Å². The van der Waals surface area contributed by atoms with Crippen molar-refractivity contribution >= 4 is 21.6 Å². The fourth-order valence-corrected chi connectivity index (χ4v) is 3.56. The Morgan fingerprint density at radius 3 is 2.57 bits per heavy atom. The van der Waals surface area contributed by atoms with Crippen molar-refractivity contribution in [2.45, 2.75) is 0 Å². The summed E-state index contributed by atoms with van der Waals surface area (Å²) in [5.74, 6) is 0.818. The van der Waals surface area contributed by atoms with Gasteiger partial charge in [-0.3, -0.25) is 4.98 Å². The van der Waals surface area contributed by atoms with Gasteiger partial charge in [-0.05, 0) is 42.5 Å². The Morgan fingerprint density at radius 2 is 1.78 bits per heavy atom. The highest BCUT2D eigenvalue weighted by atomic mass is 32.1. The van der Waals surface area contributed by atoms with Gasteiger partial charge in [-0.25, -0.2) is 4.98 Å². The van der Waals surface area contributed by atoms with Gasteiger partial charge in [-0.2, -0.15) is 0 Å². The predicted octanol–water partition coefficient (Wildman–Crippen LogP) is 5.03. The maximum atomic E-state index is 5.40. The van der Waals surface area contributed by atoms with E-state index < -0.39 is 0 Å². The van der Waals surface area contributed by atoms with Gasteiger partial charge in [0.05, 0.1) is 23.0 Å². The smallest absolute Gasteiger partial charge is 0.125 e. The Kier molecular flexibility index (Phi) is 3.52. The van der Waals surface area contributed by atoms with Crippen molar-refractivity contribution in [2.75, 3.05) is 7.11 Å². The molecule has 0 aliphatic rings. The lowest BCUT2D eigenvalue weighted by Crippen LogP contribution is -1.90. The van der Waals surface area contributed by atoms with Crippen molar-refractivity contribution in [1.82, 2.24) is 9.97 Å². The van der Waals surface area contributed by atoms with Crippen LogP contribution in [0.15, 0.2) is 66.9 Å². The first-order valence-corrected chi connectivity index (χ1v) is 8.12. The van der Waals surface area contributed by atoms with E-state index in [2.05, 4.69) is 11.1 Å². The predicted molar refractivity (Wildman–Crippen MR) is 94.8 cm³/mol. The molecule has 2 aromatic heterocycles. The fraction of sp³-hybridized carbons (Fsp3) is 0.0526. The Labute approximate surface area is 138 Å². The van der Waals surface area contributed by atoms with Gasteiger partial charge in [0.15, 0.2) is 0 Å². The molecule has 0 radical (unpaired) electrons. The number of rotatable bonds is 3. The molecule has 0 fully saturated rings. The summed E-state index contributed by atoms with van der Waals surface area (Å²) in [5, 5.41) is 0.978. The van der Waals surface area contributed by atoms with Crippen LogP contribution in [-0.2, 0) is 0 Å². The molecule has 2 aromatic carbocycles. The quantitative estimate of drug-likeness (QED) is 0.531. The molecule has 112 valence electrons. The Bertz CT molecular complexity index is 930. The van der Waals surface area contributed by atoms with Crippen LogP contribution in [0.4, 0.5) is 0 Å². The van der Waals surface area contributed by atoms with Crippen LogP contribution in [0, 0.1) is 0 Å². The molecular formula is C19H14N2OS. The summed E-state index contributed by atoms with van der Waals surface area (Å²) in [7, 11) is 1.68. The molecule has 0 unspecified atom stereocenters. The number of nitrogens with zero attached hydrogens (tertiary/aromatic N) is 2. The van der Waals surface area contributed by atoms with E-state index in [9.17, 15) is 0 Å². The third-order valence-corrected chi connectivity index (χ3v) is 4.76. The molecule has 4 rings (SSSR count). The maximum absolute atomic E-state index is 5.40. The van der Waals surface area contributed by atoms with Gasteiger partial charge in [-0.1, -0.05) is 18.2 Å². The number of ether oxygens (including phenoxy) is 1. The molecule has 0 N–H and O–H groups in total. The molecule has 0 amide bonds. The number of benzene rings is 2. The van der Waals surface area contributed by atoms with Crippen molar-refractivity contribution in [3.05, 3.63) is 66.9 Å². The summed E-state index contributed by atoms with van der Waals surface area (Å²) in [6.45, 7) is 0. The summed E-state index contributed by atoms with van der Waals surface area (Å²) in [6.07, 6.45) is 1.81. The van der Waals surface area contributed by atoms with Crippen molar-refractivity contribution in [1.29, 1.82) is 0 Å². The molecule has 0 bridgehead atoms. The van der Waals surface area contributed by atoms with Crippen molar-refractivity contribution in [3.8, 4) is 27.6 Å². The number of pyridine rings is 1. The van der Waals surface area contributed by atoms with Crippen LogP contribution in [0.25, 0.3) is 32.0 Å². The monoisotopic (exact) mass is 318 g/mol. The van der Waals surface area contributed by atoms with Crippen molar-refractivity contribution < 1.29 is 4.74 Å². The van der Waals surface area contributed by atoms with Crippen molar-refractivity contribution in [3.63, 3.8) is 0 Å². The largest absolute Gasteiger partial charge is 0.497 e. The van der Waals surface area contributed by atoms with E-state index in [0.717, 1.165) is 33.1 Å². The second kappa shape index (κ2) is 5.82. The zero-order chi connectivity index (χ0) is 15.6. The molecule has 0 aliphatic carbocycles. The molecule has 4 aromatic rings. The van der Waals surface area contributed by atoms with E-state index in [1.807, 2.05) is 60.8 Å². The highest BCUT2D eigenvalue weighted by Crippen LogP contribution is 2.37. The lowest BCUT2D eigenvalue weighted by Gasteiger charge is -2.09. The first-order chi connectivity index (χ1) is 11.3. The normalized spacial score (nSPS) is 10.8. The number of hydrogen-bond acceptors (Lipinski definition) is 4. The molecule has 23 heavy (non-hydrogen) atoms. The minimum Gasteiger partial charge on any atom is -0.497 e. The van der Waals surface area contributed by atoms with Crippen LogP contribution in [0.3, 0.4) is 0 Å². The number of aromatic nitrogens is 2. The van der Waals surface area contributed by atoms with Crippen LogP contribution >= 0.6 is 11.3 Å². The Hall–Kier alpha value is -2.72. The zero-order valence-electron chi connectivity index (χ0n) is 12.6. The van der Waals surface area contributed by atoms with Gasteiger partial charge in [0, 0.05) is 17.3 Å². The molecule has 0 aliphatic heterocycles. The summed E-state index contributed by atoms with van der Waals surface area (Å²) in [4.78, 5) is 9.26.